The van der Waals surface area contributed by atoms with Gasteiger partial charge in [0.25, 0.3) is 0 Å². The summed E-state index contributed by atoms with van der Waals surface area (Å²) in [5, 5.41) is 0. The van der Waals surface area contributed by atoms with E-state index in [2.05, 4.69) is 32.9 Å². The van der Waals surface area contributed by atoms with Crippen LogP contribution in [-0.2, 0) is 9.59 Å². The highest BCUT2D eigenvalue weighted by molar-refractivity contribution is 5.92. The van der Waals surface area contributed by atoms with Crippen molar-refractivity contribution in [2.24, 2.45) is 34.5 Å². The lowest BCUT2D eigenvalue weighted by molar-refractivity contribution is -0.132. The van der Waals surface area contributed by atoms with E-state index in [1.54, 1.807) is 6.08 Å². The van der Waals surface area contributed by atoms with Crippen LogP contribution in [0.4, 0.5) is 0 Å². The van der Waals surface area contributed by atoms with E-state index in [9.17, 15) is 9.59 Å². The third-order valence-corrected chi connectivity index (χ3v) is 9.39. The van der Waals surface area contributed by atoms with Crippen LogP contribution < -0.4 is 0 Å². The molecule has 0 radical (unpaired) electrons. The number of hydrogen-bond acceptors (Lipinski definition) is 2. The Labute approximate surface area is 197 Å². The molecule has 4 atom stereocenters. The van der Waals surface area contributed by atoms with E-state index in [1.807, 2.05) is 13.0 Å². The van der Waals surface area contributed by atoms with Gasteiger partial charge < -0.3 is 0 Å². The molecule has 0 unspecified atom stereocenters. The molecule has 0 amide bonds. The first-order valence-electron chi connectivity index (χ1n) is 13.7. The Kier molecular flexibility index (Phi) is 8.98. The second-order valence-electron chi connectivity index (χ2n) is 11.6. The average molecular weight is 441 g/mol. The fourth-order valence-corrected chi connectivity index (χ4v) is 8.14. The van der Waals surface area contributed by atoms with Gasteiger partial charge in [-0.25, -0.2) is 0 Å². The Hall–Kier alpha value is -1.18. The van der Waals surface area contributed by atoms with Crippen molar-refractivity contribution in [3.63, 3.8) is 0 Å². The molecule has 32 heavy (non-hydrogen) atoms. The van der Waals surface area contributed by atoms with E-state index in [-0.39, 0.29) is 5.92 Å². The zero-order valence-electron chi connectivity index (χ0n) is 21.3. The first-order valence-corrected chi connectivity index (χ1v) is 13.7. The topological polar surface area (TPSA) is 34.1 Å². The van der Waals surface area contributed by atoms with E-state index in [0.717, 1.165) is 19.3 Å². The Balaban J connectivity index is 0.000000181. The summed E-state index contributed by atoms with van der Waals surface area (Å²) >= 11 is 0. The lowest BCUT2D eigenvalue weighted by Gasteiger charge is -2.44. The number of hydrogen-bond donors (Lipinski definition) is 0. The maximum absolute atomic E-state index is 12.4. The van der Waals surface area contributed by atoms with Gasteiger partial charge in [-0.15, -0.1) is 0 Å². The van der Waals surface area contributed by atoms with Crippen LogP contribution in [0.3, 0.4) is 0 Å². The highest BCUT2D eigenvalue weighted by Crippen LogP contribution is 2.55. The van der Waals surface area contributed by atoms with Gasteiger partial charge in [-0.2, -0.15) is 0 Å². The van der Waals surface area contributed by atoms with Gasteiger partial charge in [0.2, 0.25) is 0 Å². The van der Waals surface area contributed by atoms with Crippen molar-refractivity contribution in [2.75, 3.05) is 0 Å². The molecule has 3 fully saturated rings. The van der Waals surface area contributed by atoms with Crippen molar-refractivity contribution in [3.05, 3.63) is 24.3 Å². The van der Waals surface area contributed by atoms with Gasteiger partial charge in [-0.05, 0) is 87.0 Å². The molecule has 4 aliphatic rings. The normalized spacial score (nSPS) is 32.9. The average Bonchev–Trinajstić information content (AvgIpc) is 3.39. The molecule has 3 saturated carbocycles. The van der Waals surface area contributed by atoms with Gasteiger partial charge in [0.15, 0.2) is 5.78 Å². The van der Waals surface area contributed by atoms with Gasteiger partial charge >= 0.3 is 0 Å². The number of allylic oxidation sites excluding steroid dienone is 4. The number of carbonyl (C=O) groups is 2. The van der Waals surface area contributed by atoms with E-state index in [4.69, 9.17) is 0 Å². The van der Waals surface area contributed by atoms with Crippen molar-refractivity contribution in [1.82, 2.24) is 0 Å². The smallest absolute Gasteiger partial charge is 0.159 e. The van der Waals surface area contributed by atoms with E-state index in [1.165, 1.54) is 70.6 Å². The molecular weight excluding hydrogens is 392 g/mol. The van der Waals surface area contributed by atoms with E-state index < -0.39 is 0 Å². The first kappa shape index (κ1) is 25.4. The fraction of sp³-hybridized carbons (Fsp3) is 0.800. The van der Waals surface area contributed by atoms with Crippen LogP contribution >= 0.6 is 0 Å². The van der Waals surface area contributed by atoms with E-state index in [0.29, 0.717) is 40.2 Å². The molecule has 0 aliphatic heterocycles. The molecule has 0 aromatic rings. The SMILES string of the molecule is C/C=C/C(=O)[C@H]1[C@H](C)C=CCC12CCCC2.CCCC(=O)[C@H]1[C@H](C)CCCC12CCCC2. The largest absolute Gasteiger partial charge is 0.299 e. The van der Waals surface area contributed by atoms with Gasteiger partial charge in [0.05, 0.1) is 0 Å². The summed E-state index contributed by atoms with van der Waals surface area (Å²) < 4.78 is 0. The van der Waals surface area contributed by atoms with Gasteiger partial charge in [-0.3, -0.25) is 9.59 Å². The maximum atomic E-state index is 12.4. The monoisotopic (exact) mass is 440 g/mol. The highest BCUT2D eigenvalue weighted by Gasteiger charge is 2.48. The summed E-state index contributed by atoms with van der Waals surface area (Å²) in [6.07, 6.45) is 25.6. The molecule has 0 aromatic heterocycles. The molecule has 0 aromatic carbocycles. The quantitative estimate of drug-likeness (QED) is 0.318. The molecule has 2 nitrogen and oxygen atoms in total. The molecule has 0 saturated heterocycles. The molecule has 2 spiro atoms. The first-order chi connectivity index (χ1) is 15.4. The zero-order chi connectivity index (χ0) is 23.2. The number of rotatable bonds is 5. The summed E-state index contributed by atoms with van der Waals surface area (Å²) in [4.78, 5) is 24.6. The molecule has 0 N–H and O–H groups in total. The van der Waals surface area contributed by atoms with Gasteiger partial charge in [-0.1, -0.05) is 71.1 Å². The van der Waals surface area contributed by atoms with Gasteiger partial charge in [0, 0.05) is 18.3 Å². The summed E-state index contributed by atoms with van der Waals surface area (Å²) in [5.41, 5.74) is 0.731. The number of carbonyl (C=O) groups excluding carboxylic acids is 2. The predicted octanol–water partition coefficient (Wildman–Crippen LogP) is 8.26. The molecular formula is C30H48O2. The standard InChI is InChI=1S/C15H26O.C15H22O/c2*1-3-7-13(16)14-12(2)8-6-11-15(14)9-4-5-10-15/h12,14H,3-11H2,1-2H3;3,6-8,12,14H,4-5,9-11H2,1-2H3/b;7-3+/t2*12-,14-/m11/s1. The van der Waals surface area contributed by atoms with Crippen molar-refractivity contribution in [1.29, 1.82) is 0 Å². The molecule has 2 heteroatoms. The summed E-state index contributed by atoms with van der Waals surface area (Å²) in [6.45, 7) is 8.58. The van der Waals surface area contributed by atoms with E-state index >= 15 is 0 Å². The third kappa shape index (κ3) is 5.31. The second-order valence-corrected chi connectivity index (χ2v) is 11.6. The summed E-state index contributed by atoms with van der Waals surface area (Å²) in [5.74, 6) is 2.62. The summed E-state index contributed by atoms with van der Waals surface area (Å²) in [7, 11) is 0. The van der Waals surface area contributed by atoms with Crippen LogP contribution in [0.15, 0.2) is 24.3 Å². The molecule has 4 rings (SSSR count). The van der Waals surface area contributed by atoms with Crippen LogP contribution in [0.25, 0.3) is 0 Å². The molecule has 0 bridgehead atoms. The minimum atomic E-state index is 0.233. The minimum Gasteiger partial charge on any atom is -0.299 e. The van der Waals surface area contributed by atoms with Crippen LogP contribution in [0.5, 0.6) is 0 Å². The third-order valence-electron chi connectivity index (χ3n) is 9.39. The fourth-order valence-electron chi connectivity index (χ4n) is 8.14. The Morgan fingerprint density at radius 3 is 2.09 bits per heavy atom. The van der Waals surface area contributed by atoms with Crippen LogP contribution in [0, 0.1) is 34.5 Å². The molecule has 0 heterocycles. The maximum Gasteiger partial charge on any atom is 0.159 e. The Bertz CT molecular complexity index is 688. The van der Waals surface area contributed by atoms with Crippen LogP contribution in [0.2, 0.25) is 0 Å². The Morgan fingerprint density at radius 2 is 1.50 bits per heavy atom. The summed E-state index contributed by atoms with van der Waals surface area (Å²) in [6, 6.07) is 0. The van der Waals surface area contributed by atoms with Crippen molar-refractivity contribution in [3.8, 4) is 0 Å². The Morgan fingerprint density at radius 1 is 0.906 bits per heavy atom. The van der Waals surface area contributed by atoms with Crippen molar-refractivity contribution in [2.45, 2.75) is 118 Å². The molecule has 180 valence electrons. The lowest BCUT2D eigenvalue weighted by Crippen LogP contribution is -2.41. The molecule has 4 aliphatic carbocycles. The van der Waals surface area contributed by atoms with Crippen molar-refractivity contribution < 1.29 is 9.59 Å². The van der Waals surface area contributed by atoms with Gasteiger partial charge in [0.1, 0.15) is 5.78 Å². The highest BCUT2D eigenvalue weighted by atomic mass is 16.1. The number of ketones is 2. The zero-order valence-corrected chi connectivity index (χ0v) is 21.3. The minimum absolute atomic E-state index is 0.233. The second kappa shape index (κ2) is 11.3. The number of Topliss-reactive ketones (excluding diaryl/α,β-unsaturated/α-hetero) is 1. The lowest BCUT2D eigenvalue weighted by atomic mass is 9.59. The van der Waals surface area contributed by atoms with Crippen molar-refractivity contribution >= 4 is 11.6 Å². The predicted molar refractivity (Wildman–Crippen MR) is 134 cm³/mol. The van der Waals surface area contributed by atoms with Crippen LogP contribution in [-0.4, -0.2) is 11.6 Å². The van der Waals surface area contributed by atoms with Crippen LogP contribution in [0.1, 0.15) is 118 Å².